The van der Waals surface area contributed by atoms with Crippen LogP contribution in [0.5, 0.6) is 23.0 Å². The number of benzene rings is 4. The fourth-order valence-electron chi connectivity index (χ4n) is 17.3. The molecule has 4 aromatic carbocycles. The van der Waals surface area contributed by atoms with E-state index in [4.69, 9.17) is 37.4 Å². The van der Waals surface area contributed by atoms with Crippen LogP contribution in [0.4, 0.5) is 0 Å². The van der Waals surface area contributed by atoms with E-state index in [0.717, 1.165) is 71.3 Å². The number of carboxylic acids is 2. The van der Waals surface area contributed by atoms with E-state index in [0.29, 0.717) is 48.7 Å². The van der Waals surface area contributed by atoms with Gasteiger partial charge in [0.2, 0.25) is 0 Å². The van der Waals surface area contributed by atoms with E-state index in [9.17, 15) is 49.3 Å². The van der Waals surface area contributed by atoms with E-state index in [1.807, 2.05) is 78.9 Å². The zero-order valence-corrected chi connectivity index (χ0v) is 75.5. The van der Waals surface area contributed by atoms with Gasteiger partial charge < -0.3 is 48.5 Å². The maximum Gasteiger partial charge on any atom is 0.404 e. The van der Waals surface area contributed by atoms with Crippen LogP contribution < -0.4 is 41.4 Å². The van der Waals surface area contributed by atoms with Crippen molar-refractivity contribution in [3.05, 3.63) is 185 Å². The van der Waals surface area contributed by atoms with Crippen LogP contribution in [0.15, 0.2) is 129 Å². The molecule has 0 spiro atoms. The zero-order valence-electron chi connectivity index (χ0n) is 74.6. The summed E-state index contributed by atoms with van der Waals surface area (Å²) in [5.74, 6) is -0.427. The summed E-state index contributed by atoms with van der Waals surface area (Å²) in [5, 5.41) is 40.6. The van der Waals surface area contributed by atoms with Gasteiger partial charge in [0.1, 0.15) is 59.0 Å². The van der Waals surface area contributed by atoms with Crippen LogP contribution in [0.25, 0.3) is 0 Å². The predicted octanol–water partition coefficient (Wildman–Crippen LogP) is 22.3. The first-order valence-corrected chi connectivity index (χ1v) is 47.3. The predicted molar refractivity (Wildman–Crippen MR) is 484 cm³/mol. The number of aliphatic hydroxyl groups excluding tert-OH is 1. The molecule has 5 N–H and O–H groups in total. The van der Waals surface area contributed by atoms with Crippen LogP contribution in [-0.2, 0) is 40.0 Å². The summed E-state index contributed by atoms with van der Waals surface area (Å²) in [4.78, 5) is 81.7. The summed E-state index contributed by atoms with van der Waals surface area (Å²) in [5.41, 5.74) is -1.53. The first kappa shape index (κ1) is 101. The van der Waals surface area contributed by atoms with Crippen LogP contribution in [0.2, 0.25) is 0 Å². The molecule has 122 heavy (non-hydrogen) atoms. The lowest BCUT2D eigenvalue weighted by molar-refractivity contribution is -0.160. The summed E-state index contributed by atoms with van der Waals surface area (Å²) in [7, 11) is 3.23. The lowest BCUT2D eigenvalue weighted by Crippen LogP contribution is -2.57. The topological polar surface area (TPSA) is 304 Å². The number of hydrogen-bond donors (Lipinski definition) is 5. The van der Waals surface area contributed by atoms with Crippen molar-refractivity contribution in [1.82, 2.24) is 19.1 Å². The van der Waals surface area contributed by atoms with Crippen molar-refractivity contribution in [3.63, 3.8) is 0 Å². The molecule has 0 radical (unpaired) electrons. The number of aliphatic hydroxyl groups is 1. The number of methoxy groups -OCH3 is 2. The molecule has 1 unspecified atom stereocenters. The molecule has 6 aromatic rings. The minimum atomic E-state index is -2.22. The van der Waals surface area contributed by atoms with E-state index in [1.54, 1.807) is 39.5 Å². The lowest BCUT2D eigenvalue weighted by atomic mass is 9.65. The molecule has 2 aromatic heterocycles. The van der Waals surface area contributed by atoms with Gasteiger partial charge in [0.05, 0.1) is 59.2 Å². The average molecular weight is 1710 g/mol. The average Bonchev–Trinajstić information content (AvgIpc) is 1.51. The number of nitriles is 1. The summed E-state index contributed by atoms with van der Waals surface area (Å²) < 4.78 is 51.7. The highest BCUT2D eigenvalue weighted by molar-refractivity contribution is 7.26. The second-order valence-corrected chi connectivity index (χ2v) is 35.1. The molecule has 2 fully saturated rings. The Morgan fingerprint density at radius 2 is 0.926 bits per heavy atom. The van der Waals surface area contributed by atoms with Gasteiger partial charge in [0.25, 0.3) is 17.7 Å². The van der Waals surface area contributed by atoms with Gasteiger partial charge in [-0.1, -0.05) is 312 Å². The molecule has 4 heterocycles. The number of aliphatic carboxylic acids is 2. The molecule has 0 amide bonds. The Bertz CT molecular complexity index is 4140. The molecule has 2 saturated heterocycles. The Balaban J connectivity index is 0.000000432. The number of aromatic nitrogens is 4. The van der Waals surface area contributed by atoms with E-state index in [2.05, 4.69) is 35.9 Å². The van der Waals surface area contributed by atoms with Crippen molar-refractivity contribution in [3.8, 4) is 29.1 Å². The highest BCUT2D eigenvalue weighted by atomic mass is 31.1. The molecule has 2 aliphatic heterocycles. The second kappa shape index (κ2) is 57.4. The van der Waals surface area contributed by atoms with Gasteiger partial charge in [-0.25, -0.2) is 13.8 Å². The normalized spacial score (nSPS) is 16.9. The molecule has 22 nitrogen and oxygen atoms in total. The third-order valence-electron chi connectivity index (χ3n) is 24.4. The number of hydrogen-bond acceptors (Lipinski definition) is 15. The number of unbranched alkanes of at least 4 members (excludes halogenated alkanes) is 38. The third-order valence-corrected chi connectivity index (χ3v) is 25.9. The van der Waals surface area contributed by atoms with E-state index < -0.39 is 76.6 Å². The van der Waals surface area contributed by atoms with Gasteiger partial charge in [-0.15, -0.1) is 0 Å². The number of carbonyl (C=O) groups is 2. The van der Waals surface area contributed by atoms with Gasteiger partial charge in [0.15, 0.2) is 5.16 Å². The number of nitrogens with zero attached hydrogens (tertiary/aromatic N) is 3. The van der Waals surface area contributed by atoms with Crippen molar-refractivity contribution in [1.29, 1.82) is 5.26 Å². The minimum absolute atomic E-state index is 0.0338. The number of nitrogens with one attached hydrogen (secondary N) is 2. The summed E-state index contributed by atoms with van der Waals surface area (Å²) >= 11 is 0. The largest absolute Gasteiger partial charge is 0.497 e. The van der Waals surface area contributed by atoms with Gasteiger partial charge in [-0.05, 0) is 105 Å². The van der Waals surface area contributed by atoms with Crippen molar-refractivity contribution < 1.29 is 62.3 Å². The first-order valence-electron chi connectivity index (χ1n) is 46.5. The van der Waals surface area contributed by atoms with Gasteiger partial charge in [0, 0.05) is 36.0 Å². The van der Waals surface area contributed by atoms with Crippen LogP contribution in [0, 0.1) is 30.6 Å². The lowest BCUT2D eigenvalue weighted by Gasteiger charge is -2.40. The SMILES string of the molecule is CCCCCCCCCCCCCCCCCCCCCCOc1cc(CC(CC(=O)O)(C(=O)O)[C@@]2(/P=[O+]/CCC#N)C[C@H](n3cc(C)c(=O)[nH]c3=O)O[C@@H]2CO)cc(OCCCCCCCCCCCCCCCCCCCCCC)c1.COc1ccc(C(OC[C@@H]2CC[C@H](n3cc(C)c(=O)[nH]c3=O)O2)(c2ccccc2)c2ccc(OC)cc2)cc1. The molecule has 0 aliphatic carbocycles. The third kappa shape index (κ3) is 33.1. The Morgan fingerprint density at radius 3 is 1.30 bits per heavy atom. The number of rotatable bonds is 64. The molecule has 2 aliphatic rings. The van der Waals surface area contributed by atoms with Gasteiger partial charge in [-0.2, -0.15) is 5.26 Å². The minimum Gasteiger partial charge on any atom is -0.497 e. The molecule has 8 rings (SSSR count). The summed E-state index contributed by atoms with van der Waals surface area (Å²) in [6.07, 6.45) is 51.0. The Hall–Kier alpha value is -8.19. The zero-order chi connectivity index (χ0) is 87.5. The Kier molecular flexibility index (Phi) is 47.4. The van der Waals surface area contributed by atoms with E-state index >= 15 is 0 Å². The number of aryl methyl sites for hydroxylation is 2. The highest BCUT2D eigenvalue weighted by Gasteiger charge is 2.70. The molecule has 23 heteroatoms. The fourth-order valence-corrected chi connectivity index (χ4v) is 18.6. The van der Waals surface area contributed by atoms with Crippen LogP contribution in [0.3, 0.4) is 0 Å². The van der Waals surface area contributed by atoms with Crippen molar-refractivity contribution in [2.75, 3.05) is 47.3 Å². The van der Waals surface area contributed by atoms with Crippen LogP contribution in [0.1, 0.15) is 349 Å². The molecule has 0 bridgehead atoms. The number of ether oxygens (including phenoxy) is 7. The van der Waals surface area contributed by atoms with E-state index in [-0.39, 0.29) is 58.2 Å². The second-order valence-electron chi connectivity index (χ2n) is 33.9. The number of H-pyrrole nitrogens is 2. The molecular formula is C99H147N5O17P+. The van der Waals surface area contributed by atoms with Crippen molar-refractivity contribution in [2.45, 2.75) is 358 Å². The molecular weight excluding hydrogens is 1560 g/mol. The summed E-state index contributed by atoms with van der Waals surface area (Å²) in [6, 6.07) is 33.1. The van der Waals surface area contributed by atoms with Crippen molar-refractivity contribution >= 4 is 20.4 Å². The molecule has 0 saturated carbocycles. The quantitative estimate of drug-likeness (QED) is 0.0103. The van der Waals surface area contributed by atoms with Gasteiger partial charge >= 0.3 is 31.8 Å². The smallest absolute Gasteiger partial charge is 0.404 e. The maximum absolute atomic E-state index is 14.1. The Labute approximate surface area is 727 Å². The standard InChI is InChI=1S/C68H114N3O11P.C31H32N2O6/c1-4-6-8-10-12-14-16-18-20-22-24-26-28-30-32-34-36-38-40-42-46-79-59-49-58(50-60(51-59)80-47-43-41-39-37-35-33-31-29-27-25-23-21-19-17-15-13-11-9-7-5-2)52-67(65(76)77,54-63(73)74)68(83-81-48-44-45-69)53-62(82-61(68)56-72)71-55-57(3)64(75)70-66(71)78;1-21-19-33(30(35)32-29(21)34)28-18-17-27(39-28)20-38-31(22-7-5-4-6-8-22,23-9-13-25(36-2)14-10-23)24-11-15-26(37-3)16-12-24/h49-51,55,61-62,72H,4-44,46-48,52-54,56H2,1-3H3,(H2-,70,73,74,75,76,77,78);4-16,19,27-28H,17-18,20H2,1-3H3,(H,32,34,35)/p+1/t61-,62-,67?,68-;27-,28+/m10/s1. The fraction of sp³-hybridized carbons (Fsp3) is 0.646. The van der Waals surface area contributed by atoms with Crippen LogP contribution >= 0.6 is 8.46 Å². The highest BCUT2D eigenvalue weighted by Crippen LogP contribution is 2.59. The maximum atomic E-state index is 14.1. The van der Waals surface area contributed by atoms with Crippen LogP contribution in [-0.4, -0.2) is 111 Å². The molecule has 674 valence electrons. The Morgan fingerprint density at radius 1 is 0.533 bits per heavy atom. The first-order chi connectivity index (χ1) is 59.4. The monoisotopic (exact) mass is 1710 g/mol. The van der Waals surface area contributed by atoms with E-state index in [1.165, 1.54) is 236 Å². The molecule has 6 atom stereocenters. The number of aromatic amines is 2. The summed E-state index contributed by atoms with van der Waals surface area (Å²) in [6.45, 7) is 8.03. The van der Waals surface area contributed by atoms with Crippen molar-refractivity contribution in [2.24, 2.45) is 5.41 Å². The van der Waals surface area contributed by atoms with Gasteiger partial charge in [-0.3, -0.25) is 38.3 Å². The number of carboxylic acid groups (broad SMARTS) is 2.